The number of nitrogens with zero attached hydrogens (tertiary/aromatic N) is 2. The van der Waals surface area contributed by atoms with Gasteiger partial charge in [0.15, 0.2) is 5.82 Å². The molecule has 100 valence electrons. The summed E-state index contributed by atoms with van der Waals surface area (Å²) in [4.78, 5) is 8.41. The molecule has 2 rings (SSSR count). The number of anilines is 2. The maximum atomic E-state index is 6.15. The molecule has 2 aromatic rings. The molecule has 0 aliphatic carbocycles. The predicted molar refractivity (Wildman–Crippen MR) is 77.2 cm³/mol. The van der Waals surface area contributed by atoms with Crippen molar-refractivity contribution in [3.05, 3.63) is 42.2 Å². The molecule has 0 aliphatic heterocycles. The Morgan fingerprint density at radius 3 is 2.84 bits per heavy atom. The van der Waals surface area contributed by atoms with Gasteiger partial charge in [-0.1, -0.05) is 18.2 Å². The Hall–Kier alpha value is -1.81. The van der Waals surface area contributed by atoms with Gasteiger partial charge in [-0.3, -0.25) is 4.98 Å². The molecule has 19 heavy (non-hydrogen) atoms. The monoisotopic (exact) mass is 277 g/mol. The van der Waals surface area contributed by atoms with Crippen LogP contribution in [0.4, 0.5) is 11.5 Å². The van der Waals surface area contributed by atoms with E-state index in [-0.39, 0.29) is 5.38 Å². The number of hydrogen-bond acceptors (Lipinski definition) is 4. The number of nitrogens with one attached hydrogen (secondary N) is 1. The van der Waals surface area contributed by atoms with Gasteiger partial charge >= 0.3 is 0 Å². The number of para-hydroxylation sites is 1. The molecule has 1 unspecified atom stereocenters. The summed E-state index contributed by atoms with van der Waals surface area (Å²) in [6, 6.07) is 7.86. The van der Waals surface area contributed by atoms with Gasteiger partial charge in [0.2, 0.25) is 5.88 Å². The van der Waals surface area contributed by atoms with E-state index in [0.29, 0.717) is 18.3 Å². The molecular weight excluding hydrogens is 262 g/mol. The van der Waals surface area contributed by atoms with E-state index in [9.17, 15) is 0 Å². The lowest BCUT2D eigenvalue weighted by Crippen LogP contribution is -2.01. The van der Waals surface area contributed by atoms with Crippen molar-refractivity contribution in [2.75, 3.05) is 11.9 Å². The summed E-state index contributed by atoms with van der Waals surface area (Å²) in [6.07, 6.45) is 3.24. The Bertz CT molecular complexity index is 546. The van der Waals surface area contributed by atoms with Gasteiger partial charge in [-0.25, -0.2) is 0 Å². The fourth-order valence-electron chi connectivity index (χ4n) is 1.72. The highest BCUT2D eigenvalue weighted by atomic mass is 35.5. The first-order valence-corrected chi connectivity index (χ1v) is 6.59. The van der Waals surface area contributed by atoms with Crippen molar-refractivity contribution in [2.24, 2.45) is 0 Å². The summed E-state index contributed by atoms with van der Waals surface area (Å²) in [5, 5.41) is 3.14. The third-order valence-electron chi connectivity index (χ3n) is 2.56. The van der Waals surface area contributed by atoms with Crippen LogP contribution in [0.3, 0.4) is 0 Å². The fourth-order valence-corrected chi connectivity index (χ4v) is 1.91. The molecule has 4 nitrogen and oxygen atoms in total. The number of benzene rings is 1. The van der Waals surface area contributed by atoms with Crippen molar-refractivity contribution in [3.63, 3.8) is 0 Å². The summed E-state index contributed by atoms with van der Waals surface area (Å²) in [5.74, 6) is 1.14. The summed E-state index contributed by atoms with van der Waals surface area (Å²) in [7, 11) is 0. The van der Waals surface area contributed by atoms with E-state index in [2.05, 4.69) is 15.3 Å². The van der Waals surface area contributed by atoms with Gasteiger partial charge in [-0.15, -0.1) is 11.6 Å². The lowest BCUT2D eigenvalue weighted by Gasteiger charge is -2.13. The largest absolute Gasteiger partial charge is 0.477 e. The smallest absolute Gasteiger partial charge is 0.234 e. The lowest BCUT2D eigenvalue weighted by molar-refractivity contribution is 0.326. The molecule has 5 heteroatoms. The molecule has 1 N–H and O–H groups in total. The zero-order valence-corrected chi connectivity index (χ0v) is 11.7. The third kappa shape index (κ3) is 3.58. The number of ether oxygens (including phenoxy) is 1. The van der Waals surface area contributed by atoms with Gasteiger partial charge in [-0.05, 0) is 25.5 Å². The van der Waals surface area contributed by atoms with E-state index in [0.717, 1.165) is 11.3 Å². The molecule has 1 heterocycles. The minimum Gasteiger partial charge on any atom is -0.477 e. The number of alkyl halides is 1. The summed E-state index contributed by atoms with van der Waals surface area (Å²) >= 11 is 6.15. The summed E-state index contributed by atoms with van der Waals surface area (Å²) in [6.45, 7) is 4.41. The van der Waals surface area contributed by atoms with Crippen LogP contribution in [0.25, 0.3) is 0 Å². The topological polar surface area (TPSA) is 47.0 Å². The maximum absolute atomic E-state index is 6.15. The first-order valence-electron chi connectivity index (χ1n) is 6.15. The van der Waals surface area contributed by atoms with Crippen molar-refractivity contribution in [1.82, 2.24) is 9.97 Å². The van der Waals surface area contributed by atoms with Crippen LogP contribution in [0.1, 0.15) is 24.8 Å². The van der Waals surface area contributed by atoms with Gasteiger partial charge in [0.1, 0.15) is 0 Å². The lowest BCUT2D eigenvalue weighted by atomic mass is 10.1. The molecule has 0 saturated heterocycles. The Morgan fingerprint density at radius 1 is 1.32 bits per heavy atom. The number of rotatable bonds is 5. The first kappa shape index (κ1) is 13.6. The molecule has 0 fully saturated rings. The fraction of sp³-hybridized carbons (Fsp3) is 0.286. The molecule has 1 aromatic heterocycles. The van der Waals surface area contributed by atoms with Crippen LogP contribution in [0.2, 0.25) is 0 Å². The number of hydrogen-bond donors (Lipinski definition) is 1. The average molecular weight is 278 g/mol. The van der Waals surface area contributed by atoms with Crippen molar-refractivity contribution >= 4 is 23.1 Å². The van der Waals surface area contributed by atoms with Crippen LogP contribution in [-0.4, -0.2) is 16.6 Å². The second kappa shape index (κ2) is 6.38. The van der Waals surface area contributed by atoms with Gasteiger partial charge in [0.25, 0.3) is 0 Å². The standard InChI is InChI=1S/C14H16ClN3O/c1-3-19-14-9-16-8-13(18-14)17-12-7-5-4-6-11(12)10(2)15/h4-10H,3H2,1-2H3,(H,17,18). The van der Waals surface area contributed by atoms with Crippen LogP contribution < -0.4 is 10.1 Å². The molecule has 0 saturated carbocycles. The van der Waals surface area contributed by atoms with Gasteiger partial charge in [0, 0.05) is 5.69 Å². The van der Waals surface area contributed by atoms with Crippen LogP contribution in [-0.2, 0) is 0 Å². The average Bonchev–Trinajstić information content (AvgIpc) is 2.40. The van der Waals surface area contributed by atoms with E-state index in [1.807, 2.05) is 38.1 Å². The summed E-state index contributed by atoms with van der Waals surface area (Å²) in [5.41, 5.74) is 1.95. The normalized spacial score (nSPS) is 11.9. The quantitative estimate of drug-likeness (QED) is 0.842. The van der Waals surface area contributed by atoms with Crippen molar-refractivity contribution in [3.8, 4) is 5.88 Å². The van der Waals surface area contributed by atoms with Crippen molar-refractivity contribution in [1.29, 1.82) is 0 Å². The molecular formula is C14H16ClN3O. The SMILES string of the molecule is CCOc1cncc(Nc2ccccc2C(C)Cl)n1. The van der Waals surface area contributed by atoms with E-state index >= 15 is 0 Å². The zero-order valence-electron chi connectivity index (χ0n) is 10.9. The number of halogens is 1. The van der Waals surface area contributed by atoms with Gasteiger partial charge in [0.05, 0.1) is 24.4 Å². The summed E-state index contributed by atoms with van der Waals surface area (Å²) < 4.78 is 5.32. The minimum absolute atomic E-state index is 0.0771. The van der Waals surface area contributed by atoms with Crippen LogP contribution in [0.5, 0.6) is 5.88 Å². The highest BCUT2D eigenvalue weighted by Gasteiger charge is 2.08. The van der Waals surface area contributed by atoms with Gasteiger partial charge in [-0.2, -0.15) is 4.98 Å². The first-order chi connectivity index (χ1) is 9.20. The van der Waals surface area contributed by atoms with E-state index in [1.165, 1.54) is 0 Å². The Kier molecular flexibility index (Phi) is 4.58. The van der Waals surface area contributed by atoms with Crippen LogP contribution in [0.15, 0.2) is 36.7 Å². The molecule has 0 radical (unpaired) electrons. The van der Waals surface area contributed by atoms with E-state index in [4.69, 9.17) is 16.3 Å². The Morgan fingerprint density at radius 2 is 2.11 bits per heavy atom. The van der Waals surface area contributed by atoms with E-state index < -0.39 is 0 Å². The Balaban J connectivity index is 2.23. The Labute approximate surface area is 117 Å². The van der Waals surface area contributed by atoms with Crippen LogP contribution in [0, 0.1) is 0 Å². The molecule has 0 bridgehead atoms. The van der Waals surface area contributed by atoms with E-state index in [1.54, 1.807) is 12.4 Å². The molecule has 1 aromatic carbocycles. The molecule has 0 amide bonds. The highest BCUT2D eigenvalue weighted by Crippen LogP contribution is 2.29. The number of aromatic nitrogens is 2. The zero-order chi connectivity index (χ0) is 13.7. The third-order valence-corrected chi connectivity index (χ3v) is 2.79. The van der Waals surface area contributed by atoms with Crippen LogP contribution >= 0.6 is 11.6 Å². The minimum atomic E-state index is -0.0771. The van der Waals surface area contributed by atoms with Crippen molar-refractivity contribution in [2.45, 2.75) is 19.2 Å². The molecule has 1 atom stereocenters. The molecule has 0 spiro atoms. The highest BCUT2D eigenvalue weighted by molar-refractivity contribution is 6.21. The van der Waals surface area contributed by atoms with Crippen molar-refractivity contribution < 1.29 is 4.74 Å². The second-order valence-corrected chi connectivity index (χ2v) is 4.66. The molecule has 0 aliphatic rings. The maximum Gasteiger partial charge on any atom is 0.234 e. The second-order valence-electron chi connectivity index (χ2n) is 4.00. The predicted octanol–water partition coefficient (Wildman–Crippen LogP) is 3.92. The van der Waals surface area contributed by atoms with Gasteiger partial charge < -0.3 is 10.1 Å².